The molecule has 1 aromatic rings. The molecule has 3 rings (SSSR count). The number of likely N-dealkylation sites (tertiary alicyclic amines) is 1. The van der Waals surface area contributed by atoms with Crippen molar-refractivity contribution in [3.05, 3.63) is 28.8 Å². The van der Waals surface area contributed by atoms with E-state index in [-0.39, 0.29) is 24.2 Å². The predicted octanol–water partition coefficient (Wildman–Crippen LogP) is 2.21. The maximum Gasteiger partial charge on any atom is 0.227 e. The lowest BCUT2D eigenvalue weighted by atomic mass is 10.1. The van der Waals surface area contributed by atoms with Gasteiger partial charge in [-0.3, -0.25) is 9.59 Å². The summed E-state index contributed by atoms with van der Waals surface area (Å²) in [4.78, 5) is 28.6. The monoisotopic (exact) mass is 349 g/mol. The van der Waals surface area contributed by atoms with E-state index in [1.54, 1.807) is 11.0 Å². The normalized spacial score (nSPS) is 21.5. The van der Waals surface area contributed by atoms with E-state index in [0.717, 1.165) is 30.9 Å². The van der Waals surface area contributed by atoms with E-state index in [1.165, 1.54) is 12.8 Å². The van der Waals surface area contributed by atoms with Crippen molar-refractivity contribution in [1.82, 2.24) is 10.2 Å². The Morgan fingerprint density at radius 3 is 2.79 bits per heavy atom. The van der Waals surface area contributed by atoms with Crippen molar-refractivity contribution in [3.8, 4) is 0 Å². The van der Waals surface area contributed by atoms with Crippen LogP contribution in [0.2, 0.25) is 5.02 Å². The lowest BCUT2D eigenvalue weighted by Crippen LogP contribution is -2.37. The third-order valence-corrected chi connectivity index (χ3v) is 5.30. The molecule has 2 saturated heterocycles. The van der Waals surface area contributed by atoms with E-state index in [2.05, 4.69) is 10.2 Å². The van der Waals surface area contributed by atoms with Gasteiger partial charge >= 0.3 is 0 Å². The lowest BCUT2D eigenvalue weighted by molar-refractivity contribution is -0.126. The Morgan fingerprint density at radius 1 is 1.33 bits per heavy atom. The van der Waals surface area contributed by atoms with Crippen LogP contribution in [0.15, 0.2) is 18.2 Å². The fourth-order valence-electron chi connectivity index (χ4n) is 3.37. The Hall–Kier alpha value is -1.59. The molecule has 2 amide bonds. The van der Waals surface area contributed by atoms with Gasteiger partial charge in [0, 0.05) is 36.8 Å². The SMILES string of the molecule is Cc1ccc(N2CC(C(=O)NCCN3CCCC3)CC2=O)cc1Cl. The van der Waals surface area contributed by atoms with E-state index >= 15 is 0 Å². The van der Waals surface area contributed by atoms with Crippen LogP contribution in [0.3, 0.4) is 0 Å². The number of rotatable bonds is 5. The van der Waals surface area contributed by atoms with Crippen molar-refractivity contribution in [1.29, 1.82) is 0 Å². The second-order valence-corrected chi connectivity index (χ2v) is 7.09. The summed E-state index contributed by atoms with van der Waals surface area (Å²) in [6, 6.07) is 5.57. The molecule has 6 heteroatoms. The minimum absolute atomic E-state index is 0.0189. The van der Waals surface area contributed by atoms with E-state index in [4.69, 9.17) is 11.6 Å². The summed E-state index contributed by atoms with van der Waals surface area (Å²) in [5.74, 6) is -0.325. The van der Waals surface area contributed by atoms with Gasteiger partial charge in [-0.2, -0.15) is 0 Å². The molecule has 1 N–H and O–H groups in total. The Balaban J connectivity index is 1.53. The highest BCUT2D eigenvalue weighted by Gasteiger charge is 2.35. The van der Waals surface area contributed by atoms with Crippen LogP contribution in [0.5, 0.6) is 0 Å². The van der Waals surface area contributed by atoms with Gasteiger partial charge in [-0.1, -0.05) is 17.7 Å². The predicted molar refractivity (Wildman–Crippen MR) is 95.3 cm³/mol. The Morgan fingerprint density at radius 2 is 2.08 bits per heavy atom. The molecule has 2 fully saturated rings. The molecule has 1 unspecified atom stereocenters. The number of hydrogen-bond donors (Lipinski definition) is 1. The topological polar surface area (TPSA) is 52.7 Å². The Labute approximate surface area is 147 Å². The first-order chi connectivity index (χ1) is 11.5. The van der Waals surface area contributed by atoms with Crippen molar-refractivity contribution < 1.29 is 9.59 Å². The highest BCUT2D eigenvalue weighted by atomic mass is 35.5. The van der Waals surface area contributed by atoms with Crippen LogP contribution in [-0.2, 0) is 9.59 Å². The fourth-order valence-corrected chi connectivity index (χ4v) is 3.54. The van der Waals surface area contributed by atoms with Crippen LogP contribution in [0.25, 0.3) is 0 Å². The third-order valence-electron chi connectivity index (χ3n) is 4.89. The van der Waals surface area contributed by atoms with Gasteiger partial charge < -0.3 is 15.1 Å². The molecule has 24 heavy (non-hydrogen) atoms. The van der Waals surface area contributed by atoms with Crippen molar-refractivity contribution in [2.45, 2.75) is 26.2 Å². The smallest absolute Gasteiger partial charge is 0.227 e. The van der Waals surface area contributed by atoms with Gasteiger partial charge in [0.05, 0.1) is 5.92 Å². The summed E-state index contributed by atoms with van der Waals surface area (Å²) in [6.07, 6.45) is 2.76. The van der Waals surface area contributed by atoms with Crippen LogP contribution < -0.4 is 10.2 Å². The van der Waals surface area contributed by atoms with Crippen molar-refractivity contribution in [3.63, 3.8) is 0 Å². The molecule has 0 bridgehead atoms. The number of aryl methyl sites for hydroxylation is 1. The fraction of sp³-hybridized carbons (Fsp3) is 0.556. The zero-order valence-electron chi connectivity index (χ0n) is 14.1. The number of carbonyl (C=O) groups excluding carboxylic acids is 2. The van der Waals surface area contributed by atoms with Gasteiger partial charge in [-0.05, 0) is 50.6 Å². The minimum atomic E-state index is -0.281. The van der Waals surface area contributed by atoms with Gasteiger partial charge in [0.2, 0.25) is 11.8 Å². The number of benzene rings is 1. The van der Waals surface area contributed by atoms with Crippen molar-refractivity contribution in [2.24, 2.45) is 5.92 Å². The van der Waals surface area contributed by atoms with E-state index in [1.807, 2.05) is 19.1 Å². The zero-order valence-corrected chi connectivity index (χ0v) is 14.8. The quantitative estimate of drug-likeness (QED) is 0.886. The summed E-state index contributed by atoms with van der Waals surface area (Å²) in [6.45, 7) is 6.14. The molecule has 0 aliphatic carbocycles. The second-order valence-electron chi connectivity index (χ2n) is 6.68. The Kier molecular flexibility index (Phi) is 5.41. The van der Waals surface area contributed by atoms with Gasteiger partial charge in [0.1, 0.15) is 0 Å². The molecule has 2 aliphatic heterocycles. The summed E-state index contributed by atoms with van der Waals surface area (Å²) < 4.78 is 0. The Bertz CT molecular complexity index is 629. The van der Waals surface area contributed by atoms with Gasteiger partial charge in [-0.25, -0.2) is 0 Å². The van der Waals surface area contributed by atoms with E-state index in [9.17, 15) is 9.59 Å². The average Bonchev–Trinajstić information content (AvgIpc) is 3.20. The molecule has 5 nitrogen and oxygen atoms in total. The highest BCUT2D eigenvalue weighted by Crippen LogP contribution is 2.28. The highest BCUT2D eigenvalue weighted by molar-refractivity contribution is 6.31. The molecule has 1 atom stereocenters. The third kappa shape index (κ3) is 3.90. The molecule has 0 aromatic heterocycles. The number of amides is 2. The largest absolute Gasteiger partial charge is 0.355 e. The van der Waals surface area contributed by atoms with Gasteiger partial charge in [0.15, 0.2) is 0 Å². The number of anilines is 1. The van der Waals surface area contributed by atoms with Crippen LogP contribution in [0.1, 0.15) is 24.8 Å². The van der Waals surface area contributed by atoms with Crippen LogP contribution >= 0.6 is 11.6 Å². The standard InChI is InChI=1S/C18H24ClN3O2/c1-13-4-5-15(11-16(13)19)22-12-14(10-17(22)23)18(24)20-6-9-21-7-2-3-8-21/h4-5,11,14H,2-3,6-10,12H2,1H3,(H,20,24). The number of nitrogens with one attached hydrogen (secondary N) is 1. The minimum Gasteiger partial charge on any atom is -0.355 e. The summed E-state index contributed by atoms with van der Waals surface area (Å²) in [7, 11) is 0. The first kappa shape index (κ1) is 17.2. The van der Waals surface area contributed by atoms with E-state index in [0.29, 0.717) is 18.1 Å². The molecule has 2 aliphatic rings. The first-order valence-electron chi connectivity index (χ1n) is 8.61. The number of halogens is 1. The molecule has 0 saturated carbocycles. The molecule has 0 spiro atoms. The number of carbonyl (C=O) groups is 2. The number of hydrogen-bond acceptors (Lipinski definition) is 3. The first-order valence-corrected chi connectivity index (χ1v) is 8.99. The lowest BCUT2D eigenvalue weighted by Gasteiger charge is -2.18. The molecule has 1 aromatic carbocycles. The molecular weight excluding hydrogens is 326 g/mol. The maximum atomic E-state index is 12.3. The molecule has 0 radical (unpaired) electrons. The van der Waals surface area contributed by atoms with Crippen LogP contribution in [0.4, 0.5) is 5.69 Å². The molecule has 130 valence electrons. The van der Waals surface area contributed by atoms with Crippen LogP contribution in [0, 0.1) is 12.8 Å². The van der Waals surface area contributed by atoms with E-state index < -0.39 is 0 Å². The summed E-state index contributed by atoms with van der Waals surface area (Å²) in [5.41, 5.74) is 1.74. The van der Waals surface area contributed by atoms with Gasteiger partial charge in [0.25, 0.3) is 0 Å². The van der Waals surface area contributed by atoms with Crippen molar-refractivity contribution >= 4 is 29.1 Å². The maximum absolute atomic E-state index is 12.3. The molecule has 2 heterocycles. The molecular formula is C18H24ClN3O2. The van der Waals surface area contributed by atoms with Crippen LogP contribution in [-0.4, -0.2) is 49.4 Å². The zero-order chi connectivity index (χ0) is 17.1. The summed E-state index contributed by atoms with van der Waals surface area (Å²) in [5, 5.41) is 3.62. The number of nitrogens with zero attached hydrogens (tertiary/aromatic N) is 2. The average molecular weight is 350 g/mol. The van der Waals surface area contributed by atoms with Crippen molar-refractivity contribution in [2.75, 3.05) is 37.6 Å². The second kappa shape index (κ2) is 7.53. The summed E-state index contributed by atoms with van der Waals surface area (Å²) >= 11 is 6.15. The van der Waals surface area contributed by atoms with Gasteiger partial charge in [-0.15, -0.1) is 0 Å².